The molecule has 0 radical (unpaired) electrons. The molecular formula is C30H37IN6O6. The smallest absolute Gasteiger partial charge is 0.425 e. The molecule has 13 heteroatoms. The number of carbonyl (C=O) groups is 4. The minimum absolute atomic E-state index is 0.00240. The van der Waals surface area contributed by atoms with Crippen molar-refractivity contribution < 1.29 is 28.7 Å². The highest BCUT2D eigenvalue weighted by Gasteiger charge is 2.43. The lowest BCUT2D eigenvalue weighted by molar-refractivity contribution is -0.145. The van der Waals surface area contributed by atoms with Crippen LogP contribution in [0.1, 0.15) is 62.3 Å². The van der Waals surface area contributed by atoms with Crippen molar-refractivity contribution in [2.75, 3.05) is 22.9 Å². The lowest BCUT2D eigenvalue weighted by Gasteiger charge is -2.45. The summed E-state index contributed by atoms with van der Waals surface area (Å²) in [6.45, 7) is 15.9. The van der Waals surface area contributed by atoms with E-state index in [-0.39, 0.29) is 17.6 Å². The maximum atomic E-state index is 13.5. The maximum absolute atomic E-state index is 13.5. The minimum Gasteiger partial charge on any atom is -0.443 e. The van der Waals surface area contributed by atoms with Crippen molar-refractivity contribution in [3.63, 3.8) is 0 Å². The number of fused-ring (bicyclic) bond motifs is 1. The number of amides is 4. The van der Waals surface area contributed by atoms with Crippen LogP contribution < -0.4 is 9.80 Å². The minimum atomic E-state index is -0.994. The van der Waals surface area contributed by atoms with E-state index >= 15 is 0 Å². The van der Waals surface area contributed by atoms with Gasteiger partial charge in [0.05, 0.1) is 5.69 Å². The number of anilines is 2. The van der Waals surface area contributed by atoms with Gasteiger partial charge in [-0.2, -0.15) is 10.00 Å². The number of ether oxygens (including phenoxy) is 2. The van der Waals surface area contributed by atoms with E-state index in [1.54, 1.807) is 69.7 Å². The Morgan fingerprint density at radius 2 is 1.58 bits per heavy atom. The highest BCUT2D eigenvalue weighted by atomic mass is 127. The number of carbonyl (C=O) groups excluding carboxylic acids is 4. The third kappa shape index (κ3) is 6.60. The summed E-state index contributed by atoms with van der Waals surface area (Å²) < 4.78 is 13.4. The first-order valence-corrected chi connectivity index (χ1v) is 14.9. The Kier molecular flexibility index (Phi) is 8.52. The first kappa shape index (κ1) is 32.2. The molecule has 0 N–H and O–H groups in total. The average Bonchev–Trinajstić information content (AvgIpc) is 3.20. The fourth-order valence-corrected chi connectivity index (χ4v) is 5.64. The Morgan fingerprint density at radius 3 is 2.14 bits per heavy atom. The molecule has 0 saturated carbocycles. The van der Waals surface area contributed by atoms with Crippen molar-refractivity contribution in [1.29, 1.82) is 0 Å². The van der Waals surface area contributed by atoms with Crippen molar-refractivity contribution in [2.24, 2.45) is 0 Å². The fourth-order valence-electron chi connectivity index (χ4n) is 4.88. The van der Waals surface area contributed by atoms with Gasteiger partial charge in [-0.3, -0.25) is 9.59 Å². The van der Waals surface area contributed by atoms with Gasteiger partial charge in [0.15, 0.2) is 5.82 Å². The van der Waals surface area contributed by atoms with E-state index in [0.29, 0.717) is 33.6 Å². The van der Waals surface area contributed by atoms with Gasteiger partial charge in [-0.15, -0.1) is 0 Å². The third-order valence-electron chi connectivity index (χ3n) is 6.68. The van der Waals surface area contributed by atoms with E-state index in [1.807, 2.05) is 30.3 Å². The molecule has 230 valence electrons. The summed E-state index contributed by atoms with van der Waals surface area (Å²) in [6, 6.07) is 9.29. The molecule has 0 bridgehead atoms. The number of aromatic nitrogens is 3. The maximum Gasteiger partial charge on any atom is 0.425 e. The van der Waals surface area contributed by atoms with E-state index in [9.17, 15) is 19.2 Å². The molecule has 3 aromatic rings. The highest BCUT2D eigenvalue weighted by Crippen LogP contribution is 2.35. The predicted molar refractivity (Wildman–Crippen MR) is 170 cm³/mol. The fraction of sp³-hybridized carbons (Fsp3) is 0.467. The van der Waals surface area contributed by atoms with Crippen molar-refractivity contribution in [1.82, 2.24) is 19.5 Å². The molecule has 0 atom stereocenters. The van der Waals surface area contributed by atoms with Gasteiger partial charge in [-0.05, 0) is 96.2 Å². The van der Waals surface area contributed by atoms with Gasteiger partial charge in [0.1, 0.15) is 28.6 Å². The van der Waals surface area contributed by atoms with Gasteiger partial charge in [-0.25, -0.2) is 19.1 Å². The van der Waals surface area contributed by atoms with E-state index in [1.165, 1.54) is 13.3 Å². The van der Waals surface area contributed by atoms with E-state index in [2.05, 4.69) is 32.7 Å². The monoisotopic (exact) mass is 704 g/mol. The molecule has 0 spiro atoms. The Bertz CT molecular complexity index is 1570. The van der Waals surface area contributed by atoms with Gasteiger partial charge in [0, 0.05) is 34.8 Å². The number of nitrogens with zero attached hydrogens (tertiary/aromatic N) is 6. The number of halogens is 1. The van der Waals surface area contributed by atoms with Gasteiger partial charge in [-0.1, -0.05) is 12.1 Å². The van der Waals surface area contributed by atoms with Crippen LogP contribution in [0, 0.1) is 3.57 Å². The summed E-state index contributed by atoms with van der Waals surface area (Å²) in [5, 5.41) is 4.44. The van der Waals surface area contributed by atoms with E-state index < -0.39 is 28.9 Å². The zero-order valence-corrected chi connectivity index (χ0v) is 28.0. The summed E-state index contributed by atoms with van der Waals surface area (Å²) in [4.78, 5) is 60.7. The van der Waals surface area contributed by atoms with Crippen LogP contribution in [-0.4, -0.2) is 73.3 Å². The van der Waals surface area contributed by atoms with Crippen LogP contribution in [-0.2, 0) is 19.1 Å². The van der Waals surface area contributed by atoms with E-state index in [4.69, 9.17) is 9.47 Å². The van der Waals surface area contributed by atoms with Crippen LogP contribution >= 0.6 is 22.6 Å². The number of piperazine rings is 1. The standard InChI is InChI=1S/C30H37IN6O6/c1-18(38)35-14-13-34(25(39)30(35,8)9)20-12-10-11-19(15-20)22-16-21(31)23-24(32-17-33-37(22)23)36(26(40)42-28(2,3)4)27(41)43-29(5,6)7/h10-12,15-17H,13-14H2,1-9H3. The molecule has 1 fully saturated rings. The molecule has 1 aromatic carbocycles. The second-order valence-corrected chi connectivity index (χ2v) is 13.9. The number of hydrogen-bond donors (Lipinski definition) is 0. The van der Waals surface area contributed by atoms with Gasteiger partial charge < -0.3 is 19.3 Å². The molecule has 43 heavy (non-hydrogen) atoms. The Hall–Kier alpha value is -3.75. The topological polar surface area (TPSA) is 127 Å². The number of hydrogen-bond acceptors (Lipinski definition) is 8. The summed E-state index contributed by atoms with van der Waals surface area (Å²) in [7, 11) is 0. The van der Waals surface area contributed by atoms with E-state index in [0.717, 1.165) is 10.5 Å². The second-order valence-electron chi connectivity index (χ2n) is 12.8. The summed E-state index contributed by atoms with van der Waals surface area (Å²) >= 11 is 2.10. The molecule has 2 aromatic heterocycles. The zero-order valence-electron chi connectivity index (χ0n) is 25.9. The Morgan fingerprint density at radius 1 is 0.977 bits per heavy atom. The predicted octanol–water partition coefficient (Wildman–Crippen LogP) is 5.65. The molecule has 4 amide bonds. The van der Waals surface area contributed by atoms with Crippen molar-refractivity contribution in [3.8, 4) is 11.3 Å². The average molecular weight is 705 g/mol. The Balaban J connectivity index is 1.80. The van der Waals surface area contributed by atoms with Gasteiger partial charge in [0.2, 0.25) is 5.91 Å². The van der Waals surface area contributed by atoms with Gasteiger partial charge >= 0.3 is 12.2 Å². The molecular weight excluding hydrogens is 667 g/mol. The first-order chi connectivity index (χ1) is 19.8. The summed E-state index contributed by atoms with van der Waals surface area (Å²) in [6.07, 6.45) is -0.622. The highest BCUT2D eigenvalue weighted by molar-refractivity contribution is 14.1. The lowest BCUT2D eigenvalue weighted by Crippen LogP contribution is -2.64. The number of benzene rings is 1. The molecule has 1 aliphatic rings. The number of rotatable bonds is 3. The summed E-state index contributed by atoms with van der Waals surface area (Å²) in [5.74, 6) is -0.332. The molecule has 1 saturated heterocycles. The number of imide groups is 1. The van der Waals surface area contributed by atoms with Crippen molar-refractivity contribution >= 4 is 63.6 Å². The van der Waals surface area contributed by atoms with Crippen molar-refractivity contribution in [2.45, 2.75) is 79.1 Å². The molecule has 0 aliphatic carbocycles. The summed E-state index contributed by atoms with van der Waals surface area (Å²) in [5.41, 5.74) is -0.318. The zero-order chi connectivity index (χ0) is 32.1. The third-order valence-corrected chi connectivity index (χ3v) is 7.50. The molecule has 0 unspecified atom stereocenters. The molecule has 3 heterocycles. The normalized spacial score (nSPS) is 15.4. The Labute approximate surface area is 264 Å². The SMILES string of the molecule is CC(=O)N1CCN(c2cccc(-c3cc(I)c4c(N(C(=O)OC(C)(C)C)C(=O)OC(C)(C)C)ncnn34)c2)C(=O)C1(C)C. The first-order valence-electron chi connectivity index (χ1n) is 13.8. The lowest BCUT2D eigenvalue weighted by atomic mass is 9.96. The van der Waals surface area contributed by atoms with Crippen LogP contribution in [0.3, 0.4) is 0 Å². The van der Waals surface area contributed by atoms with Gasteiger partial charge in [0.25, 0.3) is 5.91 Å². The molecule has 12 nitrogen and oxygen atoms in total. The quantitative estimate of drug-likeness (QED) is 0.321. The van der Waals surface area contributed by atoms with Crippen LogP contribution in [0.25, 0.3) is 16.8 Å². The largest absolute Gasteiger partial charge is 0.443 e. The van der Waals surface area contributed by atoms with Crippen LogP contribution in [0.4, 0.5) is 21.1 Å². The van der Waals surface area contributed by atoms with Crippen LogP contribution in [0.5, 0.6) is 0 Å². The van der Waals surface area contributed by atoms with Crippen LogP contribution in [0.2, 0.25) is 0 Å². The molecule has 4 rings (SSSR count). The molecule has 1 aliphatic heterocycles. The van der Waals surface area contributed by atoms with Crippen LogP contribution in [0.15, 0.2) is 36.7 Å². The second kappa shape index (κ2) is 11.4. The van der Waals surface area contributed by atoms with Crippen molar-refractivity contribution in [3.05, 3.63) is 40.2 Å².